The van der Waals surface area contributed by atoms with Gasteiger partial charge >= 0.3 is 0 Å². The fourth-order valence-corrected chi connectivity index (χ4v) is 1.95. The summed E-state index contributed by atoms with van der Waals surface area (Å²) < 4.78 is 0. The summed E-state index contributed by atoms with van der Waals surface area (Å²) in [5.41, 5.74) is 0. The molecule has 0 aromatic rings. The molecular weight excluding hydrogens is 192 g/mol. The van der Waals surface area contributed by atoms with Gasteiger partial charge in [0.15, 0.2) is 0 Å². The molecule has 0 aromatic carbocycles. The summed E-state index contributed by atoms with van der Waals surface area (Å²) in [4.78, 5) is 0. The standard InChI is InChI=1S/C16H32/c1-3-5-7-9-11-13-15-16-14-12-10-8-6-4-2/h9,11H,3-8,10,12-16H2,1-2H3. The summed E-state index contributed by atoms with van der Waals surface area (Å²) in [7, 11) is 0. The summed E-state index contributed by atoms with van der Waals surface area (Å²) in [5.74, 6) is 0. The summed E-state index contributed by atoms with van der Waals surface area (Å²) in [6, 6.07) is 0. The van der Waals surface area contributed by atoms with Crippen molar-refractivity contribution in [2.45, 2.75) is 90.9 Å². The molecule has 0 rings (SSSR count). The molecule has 0 atom stereocenters. The van der Waals surface area contributed by atoms with Crippen LogP contribution < -0.4 is 0 Å². The molecule has 0 fully saturated rings. The van der Waals surface area contributed by atoms with Crippen LogP contribution in [0.1, 0.15) is 90.9 Å². The van der Waals surface area contributed by atoms with E-state index in [-0.39, 0.29) is 0 Å². The van der Waals surface area contributed by atoms with Gasteiger partial charge in [-0.25, -0.2) is 0 Å². The van der Waals surface area contributed by atoms with Gasteiger partial charge in [0.05, 0.1) is 0 Å². The molecular formula is C16H32. The van der Waals surface area contributed by atoms with Crippen molar-refractivity contribution >= 4 is 0 Å². The molecule has 0 bridgehead atoms. The molecule has 0 aliphatic carbocycles. The van der Waals surface area contributed by atoms with Gasteiger partial charge in [-0.3, -0.25) is 0 Å². The predicted molar refractivity (Wildman–Crippen MR) is 75.9 cm³/mol. The number of hydrogen-bond acceptors (Lipinski definition) is 0. The summed E-state index contributed by atoms with van der Waals surface area (Å²) in [5, 5.41) is 0. The smallest absolute Gasteiger partial charge is 0.0351 e. The lowest BCUT2D eigenvalue weighted by molar-refractivity contribution is 0.577. The predicted octanol–water partition coefficient (Wildman–Crippen LogP) is 6.26. The van der Waals surface area contributed by atoms with Gasteiger partial charge < -0.3 is 0 Å². The third kappa shape index (κ3) is 13.7. The maximum atomic E-state index is 2.38. The van der Waals surface area contributed by atoms with E-state index in [1.807, 2.05) is 0 Å². The number of rotatable bonds is 12. The van der Waals surface area contributed by atoms with E-state index < -0.39 is 0 Å². The lowest BCUT2D eigenvalue weighted by Crippen LogP contribution is -1.80. The quantitative estimate of drug-likeness (QED) is 0.271. The van der Waals surface area contributed by atoms with E-state index in [0.717, 1.165) is 0 Å². The minimum atomic E-state index is 1.29. The van der Waals surface area contributed by atoms with Crippen LogP contribution in [0.2, 0.25) is 0 Å². The van der Waals surface area contributed by atoms with Crippen LogP contribution in [0.4, 0.5) is 0 Å². The van der Waals surface area contributed by atoms with Crippen LogP contribution in [-0.4, -0.2) is 0 Å². The molecule has 0 N–H and O–H groups in total. The molecule has 0 nitrogen and oxygen atoms in total. The van der Waals surface area contributed by atoms with Gasteiger partial charge in [-0.15, -0.1) is 0 Å². The summed E-state index contributed by atoms with van der Waals surface area (Å²) in [6.45, 7) is 4.54. The lowest BCUT2D eigenvalue weighted by atomic mass is 10.1. The van der Waals surface area contributed by atoms with Gasteiger partial charge in [0.25, 0.3) is 0 Å². The molecule has 0 spiro atoms. The van der Waals surface area contributed by atoms with Crippen LogP contribution in [0.5, 0.6) is 0 Å². The number of allylic oxidation sites excluding steroid dienone is 2. The molecule has 0 aliphatic rings. The van der Waals surface area contributed by atoms with E-state index in [9.17, 15) is 0 Å². The van der Waals surface area contributed by atoms with Crippen molar-refractivity contribution in [2.75, 3.05) is 0 Å². The van der Waals surface area contributed by atoms with Crippen LogP contribution in [0, 0.1) is 0 Å². The molecule has 0 unspecified atom stereocenters. The van der Waals surface area contributed by atoms with Gasteiger partial charge in [-0.2, -0.15) is 0 Å². The molecule has 96 valence electrons. The Morgan fingerprint density at radius 2 is 0.938 bits per heavy atom. The average molecular weight is 224 g/mol. The molecule has 0 aliphatic heterocycles. The normalized spacial score (nSPS) is 11.4. The topological polar surface area (TPSA) is 0 Å². The Labute approximate surface area is 104 Å². The highest BCUT2D eigenvalue weighted by Gasteiger charge is 1.90. The Morgan fingerprint density at radius 3 is 1.50 bits per heavy atom. The van der Waals surface area contributed by atoms with Crippen LogP contribution in [0.3, 0.4) is 0 Å². The van der Waals surface area contributed by atoms with E-state index in [0.29, 0.717) is 0 Å². The van der Waals surface area contributed by atoms with Crippen LogP contribution in [-0.2, 0) is 0 Å². The van der Waals surface area contributed by atoms with Crippen molar-refractivity contribution in [3.63, 3.8) is 0 Å². The van der Waals surface area contributed by atoms with Gasteiger partial charge in [0.1, 0.15) is 0 Å². The Bertz CT molecular complexity index is 135. The first-order valence-electron chi connectivity index (χ1n) is 7.56. The van der Waals surface area contributed by atoms with Crippen LogP contribution in [0.15, 0.2) is 12.2 Å². The number of hydrogen-bond donors (Lipinski definition) is 0. The van der Waals surface area contributed by atoms with Gasteiger partial charge in [-0.1, -0.05) is 83.8 Å². The average Bonchev–Trinajstić information content (AvgIpc) is 2.31. The van der Waals surface area contributed by atoms with Gasteiger partial charge in [0.2, 0.25) is 0 Å². The van der Waals surface area contributed by atoms with Gasteiger partial charge in [0, 0.05) is 0 Å². The number of unbranched alkanes of at least 4 members (excludes halogenated alkanes) is 10. The molecule has 0 aromatic heterocycles. The van der Waals surface area contributed by atoms with E-state index in [1.54, 1.807) is 0 Å². The first kappa shape index (κ1) is 15.7. The molecule has 0 heteroatoms. The van der Waals surface area contributed by atoms with Crippen molar-refractivity contribution in [3.05, 3.63) is 12.2 Å². The Morgan fingerprint density at radius 1 is 0.500 bits per heavy atom. The highest BCUT2D eigenvalue weighted by molar-refractivity contribution is 4.80. The highest BCUT2D eigenvalue weighted by atomic mass is 14.0. The van der Waals surface area contributed by atoms with Gasteiger partial charge in [-0.05, 0) is 19.3 Å². The van der Waals surface area contributed by atoms with Crippen molar-refractivity contribution in [2.24, 2.45) is 0 Å². The third-order valence-electron chi connectivity index (χ3n) is 3.12. The summed E-state index contributed by atoms with van der Waals surface area (Å²) >= 11 is 0. The highest BCUT2D eigenvalue weighted by Crippen LogP contribution is 2.09. The second-order valence-corrected chi connectivity index (χ2v) is 4.88. The molecule has 0 saturated carbocycles. The molecule has 16 heavy (non-hydrogen) atoms. The molecule has 0 radical (unpaired) electrons. The minimum Gasteiger partial charge on any atom is -0.0885 e. The third-order valence-corrected chi connectivity index (χ3v) is 3.12. The van der Waals surface area contributed by atoms with Crippen molar-refractivity contribution in [1.82, 2.24) is 0 Å². The lowest BCUT2D eigenvalue weighted by Gasteiger charge is -1.99. The Hall–Kier alpha value is -0.260. The maximum absolute atomic E-state index is 2.38. The fourth-order valence-electron chi connectivity index (χ4n) is 1.95. The van der Waals surface area contributed by atoms with E-state index >= 15 is 0 Å². The first-order valence-corrected chi connectivity index (χ1v) is 7.56. The SMILES string of the molecule is CCCCC=CCCCCCCCCCC. The van der Waals surface area contributed by atoms with E-state index in [2.05, 4.69) is 26.0 Å². The van der Waals surface area contributed by atoms with Crippen molar-refractivity contribution < 1.29 is 0 Å². The Kier molecular flexibility index (Phi) is 14.5. The first-order chi connectivity index (χ1) is 7.91. The van der Waals surface area contributed by atoms with Crippen LogP contribution >= 0.6 is 0 Å². The molecule has 0 saturated heterocycles. The minimum absolute atomic E-state index is 1.29. The zero-order valence-electron chi connectivity index (χ0n) is 11.6. The monoisotopic (exact) mass is 224 g/mol. The zero-order chi connectivity index (χ0) is 11.9. The fraction of sp³-hybridized carbons (Fsp3) is 0.875. The van der Waals surface area contributed by atoms with Crippen molar-refractivity contribution in [1.29, 1.82) is 0 Å². The zero-order valence-corrected chi connectivity index (χ0v) is 11.6. The second-order valence-electron chi connectivity index (χ2n) is 4.88. The maximum Gasteiger partial charge on any atom is -0.0351 e. The Balaban J connectivity index is 2.95. The molecule has 0 amide bonds. The second kappa shape index (κ2) is 14.7. The largest absolute Gasteiger partial charge is 0.0885 e. The summed E-state index contributed by atoms with van der Waals surface area (Å²) in [6.07, 6.45) is 21.5. The van der Waals surface area contributed by atoms with Crippen molar-refractivity contribution in [3.8, 4) is 0 Å². The van der Waals surface area contributed by atoms with E-state index in [4.69, 9.17) is 0 Å². The molecule has 0 heterocycles. The van der Waals surface area contributed by atoms with Crippen LogP contribution in [0.25, 0.3) is 0 Å². The van der Waals surface area contributed by atoms with E-state index in [1.165, 1.54) is 77.0 Å².